The molecule has 1 aliphatic heterocycles. The Morgan fingerprint density at radius 3 is 2.52 bits per heavy atom. The van der Waals surface area contributed by atoms with E-state index in [1.54, 1.807) is 6.07 Å². The van der Waals surface area contributed by atoms with E-state index >= 15 is 0 Å². The largest absolute Gasteiger partial charge is 0.490 e. The number of hydrogen-bond acceptors (Lipinski definition) is 5. The van der Waals surface area contributed by atoms with Gasteiger partial charge in [-0.3, -0.25) is 9.36 Å². The molecule has 0 saturated carbocycles. The second-order valence-electron chi connectivity index (χ2n) is 6.02. The number of benzene rings is 1. The normalized spacial score (nSPS) is 15.9. The van der Waals surface area contributed by atoms with Crippen LogP contribution in [0.1, 0.15) is 12.8 Å². The molecule has 1 N–H and O–H groups in total. The van der Waals surface area contributed by atoms with Crippen LogP contribution in [-0.4, -0.2) is 38.4 Å². The molecule has 0 spiro atoms. The van der Waals surface area contributed by atoms with Gasteiger partial charge in [0, 0.05) is 18.5 Å². The Kier molecular flexibility index (Phi) is 4.91. The Morgan fingerprint density at radius 1 is 1.20 bits per heavy atom. The molecule has 2 aromatic rings. The molecule has 134 valence electrons. The third-order valence-electron chi connectivity index (χ3n) is 4.07. The summed E-state index contributed by atoms with van der Waals surface area (Å²) >= 11 is 0. The zero-order valence-electron chi connectivity index (χ0n) is 13.7. The summed E-state index contributed by atoms with van der Waals surface area (Å²) in [5, 5.41) is 3.24. The standard InChI is InChI=1S/C17H19FN2O4S/c1-25(22,23)16-3-2-12(10-15(16)18)20-9-6-14(11-17(20)21)24-13-4-7-19-8-5-13/h2-3,6,9-11,13,19H,4-5,7-8H2,1H3. The Balaban J connectivity index is 1.86. The van der Waals surface area contributed by atoms with E-state index in [0.717, 1.165) is 44.3 Å². The Morgan fingerprint density at radius 2 is 1.92 bits per heavy atom. The van der Waals surface area contributed by atoms with Crippen molar-refractivity contribution in [1.29, 1.82) is 0 Å². The number of hydrogen-bond donors (Lipinski definition) is 1. The number of piperidine rings is 1. The third kappa shape index (κ3) is 4.08. The van der Waals surface area contributed by atoms with E-state index in [9.17, 15) is 17.6 Å². The van der Waals surface area contributed by atoms with Crippen molar-refractivity contribution in [3.05, 3.63) is 52.7 Å². The Bertz CT molecular complexity index is 934. The molecule has 0 bridgehead atoms. The molecule has 3 rings (SSSR count). The zero-order valence-corrected chi connectivity index (χ0v) is 14.6. The fourth-order valence-electron chi connectivity index (χ4n) is 2.79. The van der Waals surface area contributed by atoms with Crippen molar-refractivity contribution in [2.75, 3.05) is 19.3 Å². The summed E-state index contributed by atoms with van der Waals surface area (Å²) in [4.78, 5) is 11.9. The molecule has 1 saturated heterocycles. The van der Waals surface area contributed by atoms with Gasteiger partial charge in [-0.1, -0.05) is 0 Å². The topological polar surface area (TPSA) is 77.4 Å². The van der Waals surface area contributed by atoms with Gasteiger partial charge >= 0.3 is 0 Å². The van der Waals surface area contributed by atoms with Crippen LogP contribution >= 0.6 is 0 Å². The van der Waals surface area contributed by atoms with Crippen molar-refractivity contribution < 1.29 is 17.5 Å². The minimum atomic E-state index is -3.65. The summed E-state index contributed by atoms with van der Waals surface area (Å²) in [5.74, 6) is -0.414. The van der Waals surface area contributed by atoms with E-state index in [1.165, 1.54) is 22.9 Å². The summed E-state index contributed by atoms with van der Waals surface area (Å²) < 4.78 is 44.0. The van der Waals surface area contributed by atoms with Gasteiger partial charge in [0.1, 0.15) is 22.6 Å². The number of halogens is 1. The minimum Gasteiger partial charge on any atom is -0.490 e. The van der Waals surface area contributed by atoms with Crippen LogP contribution in [0.3, 0.4) is 0 Å². The first-order chi connectivity index (χ1) is 11.8. The van der Waals surface area contributed by atoms with Crippen LogP contribution in [0.5, 0.6) is 5.75 Å². The van der Waals surface area contributed by atoms with E-state index in [2.05, 4.69) is 5.32 Å². The smallest absolute Gasteiger partial charge is 0.258 e. The average molecular weight is 366 g/mol. The highest BCUT2D eigenvalue weighted by Crippen LogP contribution is 2.19. The zero-order chi connectivity index (χ0) is 18.0. The lowest BCUT2D eigenvalue weighted by Crippen LogP contribution is -2.34. The molecular formula is C17H19FN2O4S. The maximum absolute atomic E-state index is 14.0. The maximum Gasteiger partial charge on any atom is 0.258 e. The fraction of sp³-hybridized carbons (Fsp3) is 0.353. The highest BCUT2D eigenvalue weighted by Gasteiger charge is 2.16. The fourth-order valence-corrected chi connectivity index (χ4v) is 3.52. The predicted molar refractivity (Wildman–Crippen MR) is 91.6 cm³/mol. The number of nitrogens with one attached hydrogen (secondary N) is 1. The molecule has 1 aliphatic rings. The number of ether oxygens (including phenoxy) is 1. The van der Waals surface area contributed by atoms with E-state index in [1.807, 2.05) is 0 Å². The Hall–Kier alpha value is -2.19. The molecule has 1 fully saturated rings. The molecule has 0 aliphatic carbocycles. The van der Waals surface area contributed by atoms with Gasteiger partial charge < -0.3 is 10.1 Å². The number of nitrogens with zero attached hydrogens (tertiary/aromatic N) is 1. The monoisotopic (exact) mass is 366 g/mol. The molecule has 6 nitrogen and oxygen atoms in total. The molecule has 1 aromatic carbocycles. The van der Waals surface area contributed by atoms with Crippen molar-refractivity contribution in [1.82, 2.24) is 9.88 Å². The van der Waals surface area contributed by atoms with Gasteiger partial charge in [0.15, 0.2) is 9.84 Å². The van der Waals surface area contributed by atoms with Gasteiger partial charge in [-0.15, -0.1) is 0 Å². The van der Waals surface area contributed by atoms with Crippen molar-refractivity contribution in [3.63, 3.8) is 0 Å². The summed E-state index contributed by atoms with van der Waals surface area (Å²) in [6.45, 7) is 1.77. The highest BCUT2D eigenvalue weighted by atomic mass is 32.2. The first-order valence-corrected chi connectivity index (χ1v) is 9.84. The van der Waals surface area contributed by atoms with Gasteiger partial charge in [0.2, 0.25) is 0 Å². The van der Waals surface area contributed by atoms with Crippen molar-refractivity contribution in [3.8, 4) is 11.4 Å². The number of pyridine rings is 1. The van der Waals surface area contributed by atoms with Gasteiger partial charge in [0.05, 0.1) is 5.69 Å². The van der Waals surface area contributed by atoms with E-state index < -0.39 is 20.5 Å². The second kappa shape index (κ2) is 6.97. The molecule has 0 unspecified atom stereocenters. The van der Waals surface area contributed by atoms with E-state index in [-0.39, 0.29) is 17.4 Å². The summed E-state index contributed by atoms with van der Waals surface area (Å²) in [7, 11) is -3.65. The number of aromatic nitrogens is 1. The van der Waals surface area contributed by atoms with Crippen LogP contribution < -0.4 is 15.6 Å². The number of sulfone groups is 1. The van der Waals surface area contributed by atoms with Crippen LogP contribution in [0.4, 0.5) is 4.39 Å². The third-order valence-corrected chi connectivity index (χ3v) is 5.20. The predicted octanol–water partition coefficient (Wildman–Crippen LogP) is 1.51. The average Bonchev–Trinajstić information content (AvgIpc) is 2.54. The molecule has 1 aromatic heterocycles. The summed E-state index contributed by atoms with van der Waals surface area (Å²) in [6.07, 6.45) is 4.25. The van der Waals surface area contributed by atoms with Gasteiger partial charge in [-0.2, -0.15) is 0 Å². The lowest BCUT2D eigenvalue weighted by atomic mass is 10.1. The molecule has 25 heavy (non-hydrogen) atoms. The van der Waals surface area contributed by atoms with Crippen molar-refractivity contribution in [2.24, 2.45) is 0 Å². The van der Waals surface area contributed by atoms with Gasteiger partial charge in [0.25, 0.3) is 5.56 Å². The summed E-state index contributed by atoms with van der Waals surface area (Å²) in [5.41, 5.74) is -0.124. The summed E-state index contributed by atoms with van der Waals surface area (Å²) in [6, 6.07) is 6.58. The van der Waals surface area contributed by atoms with Crippen LogP contribution in [0.25, 0.3) is 5.69 Å². The SMILES string of the molecule is CS(=O)(=O)c1ccc(-n2ccc(OC3CCNCC3)cc2=O)cc1F. The lowest BCUT2D eigenvalue weighted by molar-refractivity contribution is 0.162. The van der Waals surface area contributed by atoms with Gasteiger partial charge in [-0.25, -0.2) is 12.8 Å². The lowest BCUT2D eigenvalue weighted by Gasteiger charge is -2.23. The van der Waals surface area contributed by atoms with Crippen molar-refractivity contribution >= 4 is 9.84 Å². The van der Waals surface area contributed by atoms with Crippen LogP contribution in [-0.2, 0) is 9.84 Å². The maximum atomic E-state index is 14.0. The molecule has 0 amide bonds. The van der Waals surface area contributed by atoms with E-state index in [0.29, 0.717) is 5.75 Å². The second-order valence-corrected chi connectivity index (χ2v) is 8.01. The number of rotatable bonds is 4. The van der Waals surface area contributed by atoms with Crippen LogP contribution in [0.2, 0.25) is 0 Å². The quantitative estimate of drug-likeness (QED) is 0.888. The molecule has 0 radical (unpaired) electrons. The Labute approximate surface area is 145 Å². The highest BCUT2D eigenvalue weighted by molar-refractivity contribution is 7.90. The van der Waals surface area contributed by atoms with Crippen LogP contribution in [0.15, 0.2) is 46.2 Å². The molecule has 2 heterocycles. The van der Waals surface area contributed by atoms with Crippen LogP contribution in [0, 0.1) is 5.82 Å². The molecule has 8 heteroatoms. The minimum absolute atomic E-state index is 0.0722. The van der Waals surface area contributed by atoms with Gasteiger partial charge in [-0.05, 0) is 50.2 Å². The molecule has 0 atom stereocenters. The van der Waals surface area contributed by atoms with E-state index in [4.69, 9.17) is 4.74 Å². The molecular weight excluding hydrogens is 347 g/mol. The van der Waals surface area contributed by atoms with Crippen molar-refractivity contribution in [2.45, 2.75) is 23.8 Å². The first-order valence-electron chi connectivity index (χ1n) is 7.95. The first kappa shape index (κ1) is 17.6.